The van der Waals surface area contributed by atoms with Crippen molar-refractivity contribution in [3.05, 3.63) is 54.7 Å². The third kappa shape index (κ3) is 4.18. The average molecular weight is 370 g/mol. The maximum Gasteiger partial charge on any atom is 0.239 e. The number of amides is 1. The van der Waals surface area contributed by atoms with Crippen LogP contribution in [-0.4, -0.2) is 31.0 Å². The highest BCUT2D eigenvalue weighted by Crippen LogP contribution is 2.31. The van der Waals surface area contributed by atoms with Crippen molar-refractivity contribution >= 4 is 23.6 Å². The Kier molecular flexibility index (Phi) is 5.80. The molecule has 2 aromatic carbocycles. The molecule has 0 aliphatic carbocycles. The Morgan fingerprint density at radius 3 is 2.81 bits per heavy atom. The number of ether oxygens (including phenoxy) is 2. The predicted octanol–water partition coefficient (Wildman–Crippen LogP) is 4.09. The summed E-state index contributed by atoms with van der Waals surface area (Å²) in [7, 11) is 3.21. The number of methoxy groups -OCH3 is 2. The van der Waals surface area contributed by atoms with Crippen molar-refractivity contribution in [1.29, 1.82) is 0 Å². The lowest BCUT2D eigenvalue weighted by Crippen LogP contribution is -2.14. The first-order valence-electron chi connectivity index (χ1n) is 7.86. The molecule has 1 N–H and O–H groups in total. The lowest BCUT2D eigenvalue weighted by Gasteiger charge is -2.08. The minimum atomic E-state index is -0.193. The molecule has 0 fully saturated rings. The van der Waals surface area contributed by atoms with Gasteiger partial charge in [0, 0.05) is 4.90 Å². The summed E-state index contributed by atoms with van der Waals surface area (Å²) in [4.78, 5) is 13.2. The molecular formula is C19H18N2O4S. The second-order valence-electron chi connectivity index (χ2n) is 5.29. The summed E-state index contributed by atoms with van der Waals surface area (Å²) < 4.78 is 15.7. The number of hydrogen-bond donors (Lipinski definition) is 1. The molecule has 0 radical (unpaired) electrons. The van der Waals surface area contributed by atoms with Gasteiger partial charge in [0.05, 0.1) is 31.7 Å². The molecule has 7 heteroatoms. The van der Waals surface area contributed by atoms with Gasteiger partial charge in [-0.2, -0.15) is 0 Å². The quantitative estimate of drug-likeness (QED) is 0.632. The number of aromatic nitrogens is 1. The van der Waals surface area contributed by atoms with E-state index in [9.17, 15) is 4.79 Å². The number of hydrogen-bond acceptors (Lipinski definition) is 6. The Morgan fingerprint density at radius 1 is 1.15 bits per heavy atom. The number of anilines is 1. The third-order valence-electron chi connectivity index (χ3n) is 3.63. The lowest BCUT2D eigenvalue weighted by molar-refractivity contribution is -0.113. The Balaban J connectivity index is 1.68. The third-order valence-corrected chi connectivity index (χ3v) is 4.69. The monoisotopic (exact) mass is 370 g/mol. The molecule has 0 atom stereocenters. The highest BCUT2D eigenvalue weighted by Gasteiger charge is 2.15. The van der Waals surface area contributed by atoms with Crippen LogP contribution in [0.2, 0.25) is 0 Å². The number of benzene rings is 2. The second kappa shape index (κ2) is 8.44. The van der Waals surface area contributed by atoms with Gasteiger partial charge in [-0.3, -0.25) is 10.1 Å². The molecule has 1 aromatic heterocycles. The van der Waals surface area contributed by atoms with Crippen LogP contribution in [-0.2, 0) is 4.79 Å². The number of nitrogens with one attached hydrogen (secondary N) is 1. The Morgan fingerprint density at radius 2 is 2.00 bits per heavy atom. The molecule has 3 rings (SSSR count). The van der Waals surface area contributed by atoms with Gasteiger partial charge in [0.15, 0.2) is 0 Å². The minimum Gasteiger partial charge on any atom is -0.497 e. The maximum absolute atomic E-state index is 12.3. The average Bonchev–Trinajstić information content (AvgIpc) is 3.14. The van der Waals surface area contributed by atoms with Gasteiger partial charge < -0.3 is 14.0 Å². The van der Waals surface area contributed by atoms with Crippen LogP contribution in [0.3, 0.4) is 0 Å². The van der Waals surface area contributed by atoms with E-state index in [1.807, 2.05) is 48.5 Å². The summed E-state index contributed by atoms with van der Waals surface area (Å²) in [6.07, 6.45) is 1.57. The number of para-hydroxylation sites is 1. The van der Waals surface area contributed by atoms with Crippen molar-refractivity contribution in [3.63, 3.8) is 0 Å². The van der Waals surface area contributed by atoms with Crippen LogP contribution in [0.5, 0.6) is 11.5 Å². The van der Waals surface area contributed by atoms with E-state index >= 15 is 0 Å². The zero-order valence-corrected chi connectivity index (χ0v) is 15.2. The first-order chi connectivity index (χ1) is 12.7. The first-order valence-corrected chi connectivity index (χ1v) is 8.84. The van der Waals surface area contributed by atoms with Gasteiger partial charge in [-0.25, -0.2) is 0 Å². The molecule has 6 nitrogen and oxygen atoms in total. The van der Waals surface area contributed by atoms with Gasteiger partial charge in [0.2, 0.25) is 11.8 Å². The number of nitrogens with zero attached hydrogens (tertiary/aromatic N) is 1. The molecule has 134 valence electrons. The number of carbonyl (C=O) groups is 1. The molecule has 0 aliphatic heterocycles. The van der Waals surface area contributed by atoms with Crippen molar-refractivity contribution in [1.82, 2.24) is 5.16 Å². The van der Waals surface area contributed by atoms with E-state index in [1.54, 1.807) is 20.4 Å². The zero-order valence-electron chi connectivity index (χ0n) is 14.4. The van der Waals surface area contributed by atoms with E-state index in [4.69, 9.17) is 14.0 Å². The predicted molar refractivity (Wildman–Crippen MR) is 101 cm³/mol. The Labute approximate surface area is 155 Å². The first kappa shape index (κ1) is 17.9. The van der Waals surface area contributed by atoms with Crippen LogP contribution >= 0.6 is 11.8 Å². The van der Waals surface area contributed by atoms with Crippen molar-refractivity contribution in [2.45, 2.75) is 4.90 Å². The molecular weight excluding hydrogens is 352 g/mol. The van der Waals surface area contributed by atoms with Crippen LogP contribution < -0.4 is 14.8 Å². The number of rotatable bonds is 7. The summed E-state index contributed by atoms with van der Waals surface area (Å²) >= 11 is 1.39. The van der Waals surface area contributed by atoms with Gasteiger partial charge in [0.1, 0.15) is 11.5 Å². The van der Waals surface area contributed by atoms with Crippen LogP contribution in [0.4, 0.5) is 5.88 Å². The van der Waals surface area contributed by atoms with E-state index in [-0.39, 0.29) is 11.7 Å². The normalized spacial score (nSPS) is 10.4. The van der Waals surface area contributed by atoms with E-state index < -0.39 is 0 Å². The fourth-order valence-corrected chi connectivity index (χ4v) is 3.20. The van der Waals surface area contributed by atoms with Crippen molar-refractivity contribution < 1.29 is 18.8 Å². The molecule has 1 heterocycles. The summed E-state index contributed by atoms with van der Waals surface area (Å²) in [6, 6.07) is 15.0. The summed E-state index contributed by atoms with van der Waals surface area (Å²) in [6.45, 7) is 0. The van der Waals surface area contributed by atoms with Gasteiger partial charge in [-0.05, 0) is 29.8 Å². The van der Waals surface area contributed by atoms with Crippen LogP contribution in [0.15, 0.2) is 64.1 Å². The van der Waals surface area contributed by atoms with Gasteiger partial charge >= 0.3 is 0 Å². The van der Waals surface area contributed by atoms with E-state index in [2.05, 4.69) is 10.5 Å². The van der Waals surface area contributed by atoms with Crippen molar-refractivity contribution in [2.75, 3.05) is 25.3 Å². The van der Waals surface area contributed by atoms with Crippen LogP contribution in [0.1, 0.15) is 0 Å². The highest BCUT2D eigenvalue weighted by atomic mass is 32.2. The smallest absolute Gasteiger partial charge is 0.239 e. The molecule has 0 saturated heterocycles. The summed E-state index contributed by atoms with van der Waals surface area (Å²) in [5, 5.41) is 6.56. The van der Waals surface area contributed by atoms with E-state index in [0.29, 0.717) is 17.2 Å². The SMILES string of the molecule is COc1cccc(-c2cnoc2NC(=O)CSc2ccccc2OC)c1. The Bertz CT molecular complexity index is 895. The zero-order chi connectivity index (χ0) is 18.4. The maximum atomic E-state index is 12.3. The Hall–Kier alpha value is -2.93. The topological polar surface area (TPSA) is 73.6 Å². The van der Waals surface area contributed by atoms with Crippen LogP contribution in [0, 0.1) is 0 Å². The molecule has 0 aliphatic rings. The molecule has 0 saturated carbocycles. The molecule has 0 spiro atoms. The number of carbonyl (C=O) groups excluding carboxylic acids is 1. The fraction of sp³-hybridized carbons (Fsp3) is 0.158. The molecule has 26 heavy (non-hydrogen) atoms. The highest BCUT2D eigenvalue weighted by molar-refractivity contribution is 8.00. The van der Waals surface area contributed by atoms with E-state index in [1.165, 1.54) is 11.8 Å². The van der Waals surface area contributed by atoms with Gasteiger partial charge in [0.25, 0.3) is 0 Å². The lowest BCUT2D eigenvalue weighted by atomic mass is 10.1. The largest absolute Gasteiger partial charge is 0.497 e. The standard InChI is InChI=1S/C19H18N2O4S/c1-23-14-7-5-6-13(10-14)15-11-20-25-19(15)21-18(22)12-26-17-9-4-3-8-16(17)24-2/h3-11H,12H2,1-2H3,(H,21,22). The van der Waals surface area contributed by atoms with Gasteiger partial charge in [-0.1, -0.05) is 29.4 Å². The summed E-state index contributed by atoms with van der Waals surface area (Å²) in [5.74, 6) is 1.79. The fourth-order valence-electron chi connectivity index (χ4n) is 2.37. The molecule has 0 unspecified atom stereocenters. The second-order valence-corrected chi connectivity index (χ2v) is 6.31. The number of thioether (sulfide) groups is 1. The molecule has 3 aromatic rings. The van der Waals surface area contributed by atoms with Gasteiger partial charge in [-0.15, -0.1) is 11.8 Å². The minimum absolute atomic E-state index is 0.193. The summed E-state index contributed by atoms with van der Waals surface area (Å²) in [5.41, 5.74) is 1.54. The molecule has 1 amide bonds. The van der Waals surface area contributed by atoms with Crippen molar-refractivity contribution in [3.8, 4) is 22.6 Å². The van der Waals surface area contributed by atoms with Crippen molar-refractivity contribution in [2.24, 2.45) is 0 Å². The van der Waals surface area contributed by atoms with Crippen LogP contribution in [0.25, 0.3) is 11.1 Å². The molecule has 0 bridgehead atoms. The van der Waals surface area contributed by atoms with E-state index in [0.717, 1.165) is 16.2 Å².